The van der Waals surface area contributed by atoms with E-state index in [0.29, 0.717) is 0 Å². The van der Waals surface area contributed by atoms with Gasteiger partial charge < -0.3 is 0 Å². The standard InChI is InChI=1S/C11H11N/c1-7-4-9-3-2-8-5-10(8)11(9)12-6-7/h2-4,6,8,10H,5H2,1H3. The second-order valence-electron chi connectivity index (χ2n) is 3.85. The van der Waals surface area contributed by atoms with Crippen LogP contribution >= 0.6 is 0 Å². The SMILES string of the molecule is Cc1cnc2c(c1)C=CC1CC21. The average Bonchev–Trinajstić information content (AvgIpc) is 2.82. The molecule has 0 aromatic carbocycles. The zero-order valence-corrected chi connectivity index (χ0v) is 7.12. The highest BCUT2D eigenvalue weighted by Gasteiger charge is 2.40. The fourth-order valence-corrected chi connectivity index (χ4v) is 2.01. The fraction of sp³-hybridized carbons (Fsp3) is 0.364. The molecule has 2 aliphatic carbocycles. The molecule has 0 N–H and O–H groups in total. The summed E-state index contributed by atoms with van der Waals surface area (Å²) in [6.45, 7) is 2.10. The molecule has 12 heavy (non-hydrogen) atoms. The largest absolute Gasteiger partial charge is 0.260 e. The van der Waals surface area contributed by atoms with Gasteiger partial charge in [-0.2, -0.15) is 0 Å². The molecule has 0 aliphatic heterocycles. The fourth-order valence-electron chi connectivity index (χ4n) is 2.01. The van der Waals surface area contributed by atoms with Gasteiger partial charge in [-0.05, 0) is 36.5 Å². The second-order valence-corrected chi connectivity index (χ2v) is 3.85. The van der Waals surface area contributed by atoms with Gasteiger partial charge in [0.1, 0.15) is 0 Å². The van der Waals surface area contributed by atoms with E-state index >= 15 is 0 Å². The topological polar surface area (TPSA) is 12.9 Å². The molecule has 2 atom stereocenters. The van der Waals surface area contributed by atoms with Crippen molar-refractivity contribution in [1.82, 2.24) is 4.98 Å². The molecule has 2 unspecified atom stereocenters. The Morgan fingerprint density at radius 2 is 2.42 bits per heavy atom. The van der Waals surface area contributed by atoms with Crippen molar-refractivity contribution in [2.24, 2.45) is 5.92 Å². The van der Waals surface area contributed by atoms with Gasteiger partial charge in [0, 0.05) is 12.1 Å². The number of fused-ring (bicyclic) bond motifs is 3. The number of pyridine rings is 1. The van der Waals surface area contributed by atoms with Gasteiger partial charge in [0.05, 0.1) is 5.69 Å². The molecule has 1 nitrogen and oxygen atoms in total. The predicted molar refractivity (Wildman–Crippen MR) is 48.9 cm³/mol. The Labute approximate surface area is 72.1 Å². The lowest BCUT2D eigenvalue weighted by Crippen LogP contribution is -1.96. The van der Waals surface area contributed by atoms with Crippen LogP contribution in [-0.4, -0.2) is 4.98 Å². The van der Waals surface area contributed by atoms with Gasteiger partial charge in [-0.25, -0.2) is 0 Å². The maximum atomic E-state index is 4.49. The van der Waals surface area contributed by atoms with Crippen molar-refractivity contribution in [3.8, 4) is 0 Å². The first-order valence-electron chi connectivity index (χ1n) is 4.49. The highest BCUT2D eigenvalue weighted by Crippen LogP contribution is 2.51. The van der Waals surface area contributed by atoms with Crippen LogP contribution in [0.1, 0.15) is 29.2 Å². The lowest BCUT2D eigenvalue weighted by atomic mass is 10.0. The maximum absolute atomic E-state index is 4.49. The summed E-state index contributed by atoms with van der Waals surface area (Å²) in [7, 11) is 0. The van der Waals surface area contributed by atoms with Crippen LogP contribution in [0.25, 0.3) is 6.08 Å². The highest BCUT2D eigenvalue weighted by molar-refractivity contribution is 5.59. The van der Waals surface area contributed by atoms with E-state index < -0.39 is 0 Å². The molecule has 0 bridgehead atoms. The third-order valence-electron chi connectivity index (χ3n) is 2.80. The molecule has 2 aliphatic rings. The summed E-state index contributed by atoms with van der Waals surface area (Å²) in [5.74, 6) is 1.57. The Morgan fingerprint density at radius 3 is 3.33 bits per heavy atom. The minimum atomic E-state index is 0.755. The van der Waals surface area contributed by atoms with Crippen molar-refractivity contribution >= 4 is 6.08 Å². The molecule has 0 spiro atoms. The number of hydrogen-bond acceptors (Lipinski definition) is 1. The zero-order valence-electron chi connectivity index (χ0n) is 7.12. The van der Waals surface area contributed by atoms with Crippen molar-refractivity contribution in [2.75, 3.05) is 0 Å². The van der Waals surface area contributed by atoms with Crippen LogP contribution in [0.3, 0.4) is 0 Å². The molecule has 1 saturated carbocycles. The van der Waals surface area contributed by atoms with Crippen molar-refractivity contribution in [1.29, 1.82) is 0 Å². The lowest BCUT2D eigenvalue weighted by molar-refractivity contribution is 0.933. The zero-order chi connectivity index (χ0) is 8.13. The minimum Gasteiger partial charge on any atom is -0.260 e. The molecule has 1 heteroatoms. The normalized spacial score (nSPS) is 29.4. The highest BCUT2D eigenvalue weighted by atomic mass is 14.7. The van der Waals surface area contributed by atoms with Gasteiger partial charge in [-0.1, -0.05) is 12.2 Å². The van der Waals surface area contributed by atoms with Crippen molar-refractivity contribution in [3.63, 3.8) is 0 Å². The van der Waals surface area contributed by atoms with E-state index in [1.165, 1.54) is 23.2 Å². The van der Waals surface area contributed by atoms with Gasteiger partial charge in [-0.3, -0.25) is 4.98 Å². The smallest absolute Gasteiger partial charge is 0.0512 e. The maximum Gasteiger partial charge on any atom is 0.0512 e. The first-order chi connectivity index (χ1) is 5.84. The molecule has 1 heterocycles. The van der Waals surface area contributed by atoms with Gasteiger partial charge in [0.25, 0.3) is 0 Å². The van der Waals surface area contributed by atoms with E-state index in [1.54, 1.807) is 0 Å². The Balaban J connectivity index is 2.21. The minimum absolute atomic E-state index is 0.755. The first-order valence-corrected chi connectivity index (χ1v) is 4.49. The van der Waals surface area contributed by atoms with E-state index in [2.05, 4.69) is 30.1 Å². The van der Waals surface area contributed by atoms with Gasteiger partial charge >= 0.3 is 0 Å². The molecule has 60 valence electrons. The number of aromatic nitrogens is 1. The molecule has 1 fully saturated rings. The van der Waals surface area contributed by atoms with Crippen LogP contribution < -0.4 is 0 Å². The van der Waals surface area contributed by atoms with Crippen LogP contribution in [0, 0.1) is 12.8 Å². The van der Waals surface area contributed by atoms with E-state index in [0.717, 1.165) is 11.8 Å². The summed E-state index contributed by atoms with van der Waals surface area (Å²) in [6.07, 6.45) is 7.85. The summed E-state index contributed by atoms with van der Waals surface area (Å²) in [5, 5.41) is 0. The van der Waals surface area contributed by atoms with E-state index in [4.69, 9.17) is 0 Å². The molecule has 3 rings (SSSR count). The molecule has 0 radical (unpaired) electrons. The summed E-state index contributed by atoms with van der Waals surface area (Å²) < 4.78 is 0. The van der Waals surface area contributed by atoms with Crippen molar-refractivity contribution < 1.29 is 0 Å². The molecule has 0 amide bonds. The van der Waals surface area contributed by atoms with Crippen molar-refractivity contribution in [3.05, 3.63) is 35.2 Å². The molecular weight excluding hydrogens is 146 g/mol. The molecule has 1 aromatic heterocycles. The number of rotatable bonds is 0. The third-order valence-corrected chi connectivity index (χ3v) is 2.80. The van der Waals surface area contributed by atoms with Crippen LogP contribution in [0.15, 0.2) is 18.3 Å². The number of aryl methyl sites for hydroxylation is 1. The van der Waals surface area contributed by atoms with Crippen LogP contribution in [-0.2, 0) is 0 Å². The van der Waals surface area contributed by atoms with Crippen LogP contribution in [0.4, 0.5) is 0 Å². The van der Waals surface area contributed by atoms with E-state index in [1.807, 2.05) is 6.20 Å². The van der Waals surface area contributed by atoms with Gasteiger partial charge in [-0.15, -0.1) is 0 Å². The summed E-state index contributed by atoms with van der Waals surface area (Å²) in [6, 6.07) is 2.23. The van der Waals surface area contributed by atoms with Gasteiger partial charge in [0.15, 0.2) is 0 Å². The third kappa shape index (κ3) is 0.765. The number of hydrogen-bond donors (Lipinski definition) is 0. The molecule has 1 aromatic rings. The Kier molecular flexibility index (Phi) is 1.06. The van der Waals surface area contributed by atoms with Gasteiger partial charge in [0.2, 0.25) is 0 Å². The predicted octanol–water partition coefficient (Wildman–Crippen LogP) is 2.52. The van der Waals surface area contributed by atoms with Crippen LogP contribution in [0.2, 0.25) is 0 Å². The van der Waals surface area contributed by atoms with Crippen LogP contribution in [0.5, 0.6) is 0 Å². The second kappa shape index (κ2) is 1.98. The van der Waals surface area contributed by atoms with E-state index in [-0.39, 0.29) is 0 Å². The number of nitrogens with zero attached hydrogens (tertiary/aromatic N) is 1. The summed E-state index contributed by atoms with van der Waals surface area (Å²) in [5.41, 5.74) is 3.93. The molecule has 0 saturated heterocycles. The summed E-state index contributed by atoms with van der Waals surface area (Å²) in [4.78, 5) is 4.49. The number of allylic oxidation sites excluding steroid dienone is 1. The van der Waals surface area contributed by atoms with Crippen molar-refractivity contribution in [2.45, 2.75) is 19.3 Å². The Morgan fingerprint density at radius 1 is 1.50 bits per heavy atom. The monoisotopic (exact) mass is 157 g/mol. The lowest BCUT2D eigenvalue weighted by Gasteiger charge is -2.08. The quantitative estimate of drug-likeness (QED) is 0.564. The van der Waals surface area contributed by atoms with E-state index in [9.17, 15) is 0 Å². The summed E-state index contributed by atoms with van der Waals surface area (Å²) >= 11 is 0. The Bertz CT molecular complexity index is 365. The Hall–Kier alpha value is -1.11. The average molecular weight is 157 g/mol. The molecular formula is C11H11N. The first kappa shape index (κ1) is 6.41.